The van der Waals surface area contributed by atoms with Crippen molar-refractivity contribution in [1.29, 1.82) is 0 Å². The average molecular weight is 425 g/mol. The van der Waals surface area contributed by atoms with Gasteiger partial charge in [0.2, 0.25) is 5.91 Å². The van der Waals surface area contributed by atoms with Crippen molar-refractivity contribution in [3.05, 3.63) is 35.9 Å². The van der Waals surface area contributed by atoms with E-state index in [9.17, 15) is 4.79 Å². The number of nitrogens with zero attached hydrogens (tertiary/aromatic N) is 2. The summed E-state index contributed by atoms with van der Waals surface area (Å²) < 4.78 is 6.30. The third kappa shape index (κ3) is 3.66. The molecule has 3 atom stereocenters. The highest BCUT2D eigenvalue weighted by atomic mass is 35.5. The van der Waals surface area contributed by atoms with Crippen molar-refractivity contribution in [3.8, 4) is 0 Å². The van der Waals surface area contributed by atoms with Gasteiger partial charge in [-0.2, -0.15) is 0 Å². The number of hydrogen-bond donors (Lipinski definition) is 2. The normalized spacial score (nSPS) is 28.6. The molecule has 1 aromatic carbocycles. The molecule has 2 bridgehead atoms. The molecule has 0 aliphatic carbocycles. The molecule has 1 unspecified atom stereocenters. The predicted octanol–water partition coefficient (Wildman–Crippen LogP) is 2.67. The van der Waals surface area contributed by atoms with E-state index in [4.69, 9.17) is 15.5 Å². The van der Waals surface area contributed by atoms with E-state index < -0.39 is 5.91 Å². The minimum Gasteiger partial charge on any atom is -0.371 e. The topological polar surface area (TPSA) is 80.5 Å². The van der Waals surface area contributed by atoms with Crippen molar-refractivity contribution in [1.82, 2.24) is 10.3 Å². The molecule has 3 fully saturated rings. The number of anilines is 1. The van der Waals surface area contributed by atoms with Gasteiger partial charge in [-0.05, 0) is 37.8 Å². The minimum absolute atomic E-state index is 0. The number of pyridine rings is 1. The lowest BCUT2D eigenvalue weighted by atomic mass is 9.85. The van der Waals surface area contributed by atoms with Crippen LogP contribution in [0.3, 0.4) is 0 Å². The molecule has 1 aromatic heterocycles. The second-order valence-corrected chi connectivity index (χ2v) is 7.91. The standard InChI is InChI=1S/C20H24N4O2.2ClH/c21-19(25)16-9-18(23-17-4-2-1-3-15(16)17)24-7-8-26-20(12-24)10-13-5-6-14(11-20)22-13;;/h1-4,9,13-14,22H,5-8,10-12H2,(H2,21,25);2*1H/t13-,14+,20?;;. The molecule has 0 saturated carbocycles. The van der Waals surface area contributed by atoms with Crippen LogP contribution in [-0.4, -0.2) is 48.3 Å². The summed E-state index contributed by atoms with van der Waals surface area (Å²) in [4.78, 5) is 19.1. The molecule has 4 heterocycles. The van der Waals surface area contributed by atoms with E-state index >= 15 is 0 Å². The first-order valence-corrected chi connectivity index (χ1v) is 9.46. The number of ether oxygens (including phenoxy) is 1. The van der Waals surface area contributed by atoms with Crippen molar-refractivity contribution in [3.63, 3.8) is 0 Å². The summed E-state index contributed by atoms with van der Waals surface area (Å²) in [6, 6.07) is 10.7. The van der Waals surface area contributed by atoms with Crippen molar-refractivity contribution >= 4 is 47.4 Å². The van der Waals surface area contributed by atoms with Gasteiger partial charge in [0.15, 0.2) is 0 Å². The van der Waals surface area contributed by atoms with Crippen molar-refractivity contribution in [2.24, 2.45) is 5.73 Å². The van der Waals surface area contributed by atoms with Crippen molar-refractivity contribution < 1.29 is 9.53 Å². The number of carbonyl (C=O) groups is 1. The number of para-hydroxylation sites is 1. The van der Waals surface area contributed by atoms with Gasteiger partial charge >= 0.3 is 0 Å². The van der Waals surface area contributed by atoms with Gasteiger partial charge < -0.3 is 20.7 Å². The number of primary amides is 1. The number of rotatable bonds is 2. The molecule has 28 heavy (non-hydrogen) atoms. The molecule has 152 valence electrons. The summed E-state index contributed by atoms with van der Waals surface area (Å²) in [5.74, 6) is 0.416. The Hall–Kier alpha value is -1.60. The molecule has 0 radical (unpaired) electrons. The zero-order valence-corrected chi connectivity index (χ0v) is 17.2. The first-order chi connectivity index (χ1) is 12.6. The van der Waals surface area contributed by atoms with Crippen LogP contribution in [0.4, 0.5) is 5.82 Å². The molecular formula is C20H26Cl2N4O2. The summed E-state index contributed by atoms with van der Waals surface area (Å²) in [5.41, 5.74) is 6.89. The van der Waals surface area contributed by atoms with E-state index in [1.807, 2.05) is 30.3 Å². The SMILES string of the molecule is Cl.Cl.NC(=O)c1cc(N2CCOC3(C[C@H]4CC[C@@H](C3)N4)C2)nc2ccccc12. The number of fused-ring (bicyclic) bond motifs is 3. The third-order valence-corrected chi connectivity index (χ3v) is 6.11. The van der Waals surface area contributed by atoms with Crippen molar-refractivity contribution in [2.75, 3.05) is 24.6 Å². The fourth-order valence-corrected chi connectivity index (χ4v) is 5.02. The minimum atomic E-state index is -0.410. The second-order valence-electron chi connectivity index (χ2n) is 7.91. The zero-order valence-electron chi connectivity index (χ0n) is 15.6. The highest BCUT2D eigenvalue weighted by molar-refractivity contribution is 6.06. The van der Waals surface area contributed by atoms with Crippen LogP contribution in [0.15, 0.2) is 30.3 Å². The zero-order chi connectivity index (χ0) is 17.7. The summed E-state index contributed by atoms with van der Waals surface area (Å²) in [6.07, 6.45) is 4.60. The van der Waals surface area contributed by atoms with E-state index in [-0.39, 0.29) is 30.4 Å². The van der Waals surface area contributed by atoms with Gasteiger partial charge in [-0.1, -0.05) is 18.2 Å². The van der Waals surface area contributed by atoms with E-state index in [1.54, 1.807) is 0 Å². The Morgan fingerprint density at radius 2 is 1.93 bits per heavy atom. The highest BCUT2D eigenvalue weighted by Gasteiger charge is 2.47. The van der Waals surface area contributed by atoms with Crippen LogP contribution in [0.2, 0.25) is 0 Å². The Kier molecular flexibility index (Phi) is 6.05. The molecule has 1 amide bonds. The Labute approximate surface area is 177 Å². The monoisotopic (exact) mass is 424 g/mol. The molecule has 5 rings (SSSR count). The van der Waals surface area contributed by atoms with Crippen LogP contribution in [-0.2, 0) is 4.74 Å². The highest BCUT2D eigenvalue weighted by Crippen LogP contribution is 2.39. The number of benzene rings is 1. The van der Waals surface area contributed by atoms with Crippen LogP contribution in [0.25, 0.3) is 10.9 Å². The number of piperidine rings is 1. The molecular weight excluding hydrogens is 399 g/mol. The smallest absolute Gasteiger partial charge is 0.249 e. The number of halogens is 2. The van der Waals surface area contributed by atoms with E-state index in [0.717, 1.165) is 42.7 Å². The largest absolute Gasteiger partial charge is 0.371 e. The van der Waals surface area contributed by atoms with E-state index in [1.165, 1.54) is 12.8 Å². The maximum Gasteiger partial charge on any atom is 0.249 e. The summed E-state index contributed by atoms with van der Waals surface area (Å²) in [6.45, 7) is 2.30. The Bertz CT molecular complexity index is 866. The molecule has 3 N–H and O–H groups in total. The Balaban J connectivity index is 0.00000112. The van der Waals surface area contributed by atoms with Crippen molar-refractivity contribution in [2.45, 2.75) is 43.4 Å². The lowest BCUT2D eigenvalue weighted by molar-refractivity contribution is -0.0845. The summed E-state index contributed by atoms with van der Waals surface area (Å²) in [7, 11) is 0. The predicted molar refractivity (Wildman–Crippen MR) is 115 cm³/mol. The quantitative estimate of drug-likeness (QED) is 0.774. The first-order valence-electron chi connectivity index (χ1n) is 9.46. The number of nitrogens with one attached hydrogen (secondary N) is 1. The number of carbonyl (C=O) groups excluding carboxylic acids is 1. The van der Waals surface area contributed by atoms with Crippen LogP contribution < -0.4 is 16.0 Å². The maximum absolute atomic E-state index is 12.0. The number of amides is 1. The van der Waals surface area contributed by atoms with E-state index in [0.29, 0.717) is 24.3 Å². The fourth-order valence-electron chi connectivity index (χ4n) is 5.02. The van der Waals surface area contributed by atoms with Gasteiger partial charge in [0.05, 0.1) is 23.3 Å². The second kappa shape index (κ2) is 8.03. The summed E-state index contributed by atoms with van der Waals surface area (Å²) in [5, 5.41) is 4.50. The number of nitrogens with two attached hydrogens (primary N) is 1. The molecule has 8 heteroatoms. The lowest BCUT2D eigenvalue weighted by Crippen LogP contribution is -2.59. The van der Waals surface area contributed by atoms with Crippen LogP contribution in [0, 0.1) is 0 Å². The van der Waals surface area contributed by atoms with Gasteiger partial charge in [0.25, 0.3) is 0 Å². The van der Waals surface area contributed by atoms with Crippen LogP contribution in [0.1, 0.15) is 36.0 Å². The van der Waals surface area contributed by atoms with Gasteiger partial charge in [0.1, 0.15) is 5.82 Å². The van der Waals surface area contributed by atoms with E-state index in [2.05, 4.69) is 10.2 Å². The summed E-state index contributed by atoms with van der Waals surface area (Å²) >= 11 is 0. The van der Waals surface area contributed by atoms with Gasteiger partial charge in [-0.3, -0.25) is 4.79 Å². The third-order valence-electron chi connectivity index (χ3n) is 6.11. The first kappa shape index (κ1) is 21.1. The number of morpholine rings is 1. The van der Waals surface area contributed by atoms with Gasteiger partial charge in [-0.15, -0.1) is 24.8 Å². The number of aromatic nitrogens is 1. The molecule has 6 nitrogen and oxygen atoms in total. The lowest BCUT2D eigenvalue weighted by Gasteiger charge is -2.47. The molecule has 2 aromatic rings. The molecule has 3 aliphatic heterocycles. The van der Waals surface area contributed by atoms with Crippen LogP contribution >= 0.6 is 24.8 Å². The van der Waals surface area contributed by atoms with Gasteiger partial charge in [-0.25, -0.2) is 4.98 Å². The molecule has 1 spiro atoms. The van der Waals surface area contributed by atoms with Gasteiger partial charge in [0, 0.05) is 30.6 Å². The molecule has 3 saturated heterocycles. The molecule has 3 aliphatic rings. The Morgan fingerprint density at radius 1 is 1.21 bits per heavy atom. The van der Waals surface area contributed by atoms with Crippen LogP contribution in [0.5, 0.6) is 0 Å². The fraction of sp³-hybridized carbons (Fsp3) is 0.500. The average Bonchev–Trinajstić information content (AvgIpc) is 2.99. The number of hydrogen-bond acceptors (Lipinski definition) is 5. The maximum atomic E-state index is 12.0. The Morgan fingerprint density at radius 3 is 2.64 bits per heavy atom.